The van der Waals surface area contributed by atoms with Crippen molar-refractivity contribution >= 4 is 28.9 Å². The molecule has 0 radical (unpaired) electrons. The zero-order valence-electron chi connectivity index (χ0n) is 13.9. The van der Waals surface area contributed by atoms with E-state index in [4.69, 9.17) is 11.6 Å². The third-order valence-electron chi connectivity index (χ3n) is 4.35. The number of anilines is 1. The van der Waals surface area contributed by atoms with Crippen molar-refractivity contribution in [1.29, 1.82) is 0 Å². The van der Waals surface area contributed by atoms with Crippen LogP contribution in [0.5, 0.6) is 0 Å². The van der Waals surface area contributed by atoms with Crippen molar-refractivity contribution in [2.45, 2.75) is 6.42 Å². The molecule has 0 bridgehead atoms. The molecule has 26 heavy (non-hydrogen) atoms. The molecule has 0 N–H and O–H groups in total. The Labute approximate surface area is 154 Å². The minimum Gasteiger partial charge on any atom is -0.364 e. The van der Waals surface area contributed by atoms with Gasteiger partial charge in [-0.15, -0.1) is 0 Å². The van der Waals surface area contributed by atoms with Gasteiger partial charge in [-0.25, -0.2) is 4.39 Å². The lowest BCUT2D eigenvalue weighted by atomic mass is 10.2. The highest BCUT2D eigenvalue weighted by molar-refractivity contribution is 6.30. The van der Waals surface area contributed by atoms with E-state index in [-0.39, 0.29) is 17.3 Å². The summed E-state index contributed by atoms with van der Waals surface area (Å²) in [5, 5.41) is 11.8. The normalized spacial score (nSPS) is 14.8. The van der Waals surface area contributed by atoms with Crippen molar-refractivity contribution in [3.05, 3.63) is 69.0 Å². The molecule has 136 valence electrons. The predicted octanol–water partition coefficient (Wildman–Crippen LogP) is 3.74. The second-order valence-corrected chi connectivity index (χ2v) is 6.47. The first kappa shape index (κ1) is 18.1. The Balaban J connectivity index is 1.76. The molecule has 0 saturated carbocycles. The molecule has 1 amide bonds. The lowest BCUT2D eigenvalue weighted by Crippen LogP contribution is -2.35. The van der Waals surface area contributed by atoms with Crippen LogP contribution in [-0.4, -0.2) is 41.9 Å². The van der Waals surface area contributed by atoms with Crippen molar-refractivity contribution in [2.24, 2.45) is 0 Å². The number of carbonyl (C=O) groups is 1. The Morgan fingerprint density at radius 1 is 1.08 bits per heavy atom. The van der Waals surface area contributed by atoms with Gasteiger partial charge in [-0.2, -0.15) is 0 Å². The average molecular weight is 378 g/mol. The summed E-state index contributed by atoms with van der Waals surface area (Å²) < 4.78 is 13.6. The molecule has 1 aliphatic rings. The van der Waals surface area contributed by atoms with Crippen LogP contribution in [0.4, 0.5) is 15.8 Å². The lowest BCUT2D eigenvalue weighted by molar-refractivity contribution is -0.384. The second-order valence-electron chi connectivity index (χ2n) is 6.03. The molecule has 2 aromatic rings. The molecular formula is C18H17ClFN3O3. The lowest BCUT2D eigenvalue weighted by Gasteiger charge is -2.23. The maximum absolute atomic E-state index is 13.6. The van der Waals surface area contributed by atoms with Crippen molar-refractivity contribution in [1.82, 2.24) is 4.90 Å². The van der Waals surface area contributed by atoms with Crippen LogP contribution in [0.3, 0.4) is 0 Å². The highest BCUT2D eigenvalue weighted by Gasteiger charge is 2.25. The summed E-state index contributed by atoms with van der Waals surface area (Å²) >= 11 is 5.85. The van der Waals surface area contributed by atoms with Gasteiger partial charge in [0.15, 0.2) is 0 Å². The molecule has 6 nitrogen and oxygen atoms in total. The van der Waals surface area contributed by atoms with Crippen molar-refractivity contribution < 1.29 is 14.1 Å². The molecule has 1 saturated heterocycles. The standard InChI is InChI=1S/C18H17ClFN3O3/c19-14-4-2-13(3-5-14)18(24)22-9-1-8-21(10-11-22)17-12-15(20)6-7-16(17)23(25)26/h2-7,12H,1,8-11H2. The van der Waals surface area contributed by atoms with Crippen molar-refractivity contribution in [3.63, 3.8) is 0 Å². The number of hydrogen-bond donors (Lipinski definition) is 0. The maximum Gasteiger partial charge on any atom is 0.292 e. The molecule has 2 aromatic carbocycles. The predicted molar refractivity (Wildman–Crippen MR) is 97.2 cm³/mol. The van der Waals surface area contributed by atoms with Crippen molar-refractivity contribution in [2.75, 3.05) is 31.1 Å². The fraction of sp³-hybridized carbons (Fsp3) is 0.278. The quantitative estimate of drug-likeness (QED) is 0.603. The van der Waals surface area contributed by atoms with Crippen LogP contribution in [0.15, 0.2) is 42.5 Å². The zero-order chi connectivity index (χ0) is 18.7. The molecule has 0 aliphatic carbocycles. The van der Waals surface area contributed by atoms with Gasteiger partial charge in [-0.05, 0) is 36.8 Å². The number of nitro benzene ring substituents is 1. The molecule has 0 spiro atoms. The zero-order valence-corrected chi connectivity index (χ0v) is 14.7. The van der Waals surface area contributed by atoms with Gasteiger partial charge in [0, 0.05) is 48.9 Å². The van der Waals surface area contributed by atoms with Gasteiger partial charge in [0.1, 0.15) is 11.5 Å². The number of nitro groups is 1. The van der Waals surface area contributed by atoms with E-state index in [1.807, 2.05) is 0 Å². The first-order chi connectivity index (χ1) is 12.5. The molecule has 0 atom stereocenters. The fourth-order valence-electron chi connectivity index (χ4n) is 3.04. The van der Waals surface area contributed by atoms with Gasteiger partial charge in [0.25, 0.3) is 11.6 Å². The van der Waals surface area contributed by atoms with Gasteiger partial charge in [-0.3, -0.25) is 14.9 Å². The van der Waals surface area contributed by atoms with E-state index in [1.54, 1.807) is 34.1 Å². The summed E-state index contributed by atoms with van der Waals surface area (Å²) in [4.78, 5) is 26.8. The monoisotopic (exact) mass is 377 g/mol. The van der Waals surface area contributed by atoms with E-state index in [0.29, 0.717) is 43.2 Å². The largest absolute Gasteiger partial charge is 0.364 e. The summed E-state index contributed by atoms with van der Waals surface area (Å²) in [5.74, 6) is -0.638. The summed E-state index contributed by atoms with van der Waals surface area (Å²) in [6.07, 6.45) is 0.632. The third-order valence-corrected chi connectivity index (χ3v) is 4.60. The van der Waals surface area contributed by atoms with Crippen LogP contribution < -0.4 is 4.90 Å². The second kappa shape index (κ2) is 7.70. The maximum atomic E-state index is 13.6. The Kier molecular flexibility index (Phi) is 5.37. The number of hydrogen-bond acceptors (Lipinski definition) is 4. The molecule has 0 aromatic heterocycles. The summed E-state index contributed by atoms with van der Waals surface area (Å²) in [7, 11) is 0. The van der Waals surface area contributed by atoms with Gasteiger partial charge in [-0.1, -0.05) is 11.6 Å². The van der Waals surface area contributed by atoms with E-state index >= 15 is 0 Å². The first-order valence-electron chi connectivity index (χ1n) is 8.19. The van der Waals surface area contributed by atoms with Gasteiger partial charge < -0.3 is 9.80 Å². The molecule has 8 heteroatoms. The van der Waals surface area contributed by atoms with E-state index in [9.17, 15) is 19.3 Å². The number of benzene rings is 2. The average Bonchev–Trinajstić information content (AvgIpc) is 2.87. The van der Waals surface area contributed by atoms with Crippen molar-refractivity contribution in [3.8, 4) is 0 Å². The van der Waals surface area contributed by atoms with Crippen LogP contribution in [-0.2, 0) is 0 Å². The molecule has 1 heterocycles. The van der Waals surface area contributed by atoms with E-state index in [2.05, 4.69) is 0 Å². The highest BCUT2D eigenvalue weighted by atomic mass is 35.5. The van der Waals surface area contributed by atoms with Crippen LogP contribution in [0, 0.1) is 15.9 Å². The summed E-state index contributed by atoms with van der Waals surface area (Å²) in [6, 6.07) is 10.1. The fourth-order valence-corrected chi connectivity index (χ4v) is 3.17. The van der Waals surface area contributed by atoms with E-state index < -0.39 is 10.7 Å². The highest BCUT2D eigenvalue weighted by Crippen LogP contribution is 2.29. The topological polar surface area (TPSA) is 66.7 Å². The van der Waals surface area contributed by atoms with Crippen LogP contribution >= 0.6 is 11.6 Å². The minimum absolute atomic E-state index is 0.114. The molecular weight excluding hydrogens is 361 g/mol. The molecule has 1 fully saturated rings. The number of amides is 1. The minimum atomic E-state index is -0.524. The van der Waals surface area contributed by atoms with Crippen LogP contribution in [0.1, 0.15) is 16.8 Å². The SMILES string of the molecule is O=C(c1ccc(Cl)cc1)N1CCCN(c2cc(F)ccc2[N+](=O)[O-])CC1. The number of halogens is 2. The molecule has 3 rings (SSSR count). The summed E-state index contributed by atoms with van der Waals surface area (Å²) in [6.45, 7) is 1.83. The van der Waals surface area contributed by atoms with Gasteiger partial charge in [0.05, 0.1) is 4.92 Å². The Bertz CT molecular complexity index is 829. The smallest absolute Gasteiger partial charge is 0.292 e. The Morgan fingerprint density at radius 2 is 1.81 bits per heavy atom. The van der Waals surface area contributed by atoms with Gasteiger partial charge in [0.2, 0.25) is 0 Å². The number of rotatable bonds is 3. The third kappa shape index (κ3) is 3.94. The van der Waals surface area contributed by atoms with E-state index in [1.165, 1.54) is 12.1 Å². The van der Waals surface area contributed by atoms with Crippen LogP contribution in [0.25, 0.3) is 0 Å². The summed E-state index contributed by atoms with van der Waals surface area (Å²) in [5.41, 5.74) is 0.652. The molecule has 1 aliphatic heterocycles. The number of nitrogens with zero attached hydrogens (tertiary/aromatic N) is 3. The Hall–Kier alpha value is -2.67. The molecule has 0 unspecified atom stereocenters. The first-order valence-corrected chi connectivity index (χ1v) is 8.57. The number of carbonyl (C=O) groups excluding carboxylic acids is 1. The Morgan fingerprint density at radius 3 is 2.50 bits per heavy atom. The van der Waals surface area contributed by atoms with Crippen LogP contribution in [0.2, 0.25) is 5.02 Å². The van der Waals surface area contributed by atoms with E-state index in [0.717, 1.165) is 6.07 Å². The van der Waals surface area contributed by atoms with Gasteiger partial charge >= 0.3 is 0 Å².